The summed E-state index contributed by atoms with van der Waals surface area (Å²) < 4.78 is 120. The lowest BCUT2D eigenvalue weighted by molar-refractivity contribution is -0.192. The molecule has 1 aliphatic rings. The fraction of sp³-hybridized carbons (Fsp3) is 0.276. The van der Waals surface area contributed by atoms with Crippen molar-refractivity contribution < 1.29 is 59.3 Å². The number of aromatic carboxylic acids is 1. The zero-order chi connectivity index (χ0) is 33.4. The van der Waals surface area contributed by atoms with Crippen LogP contribution in [0.3, 0.4) is 0 Å². The molecular formula is C29H22F9N3O4. The molecule has 1 saturated heterocycles. The third-order valence-corrected chi connectivity index (χ3v) is 6.85. The molecule has 0 spiro atoms. The van der Waals surface area contributed by atoms with E-state index in [1.165, 1.54) is 30.3 Å². The predicted molar refractivity (Wildman–Crippen MR) is 142 cm³/mol. The maximum atomic E-state index is 15.2. The van der Waals surface area contributed by atoms with Gasteiger partial charge in [0, 0.05) is 13.0 Å². The number of aromatic amines is 1. The van der Waals surface area contributed by atoms with Crippen LogP contribution in [0, 0.1) is 30.2 Å². The number of rotatable bonds is 5. The van der Waals surface area contributed by atoms with Crippen LogP contribution >= 0.6 is 0 Å². The Morgan fingerprint density at radius 2 is 1.47 bits per heavy atom. The summed E-state index contributed by atoms with van der Waals surface area (Å²) in [5.41, 5.74) is -2.16. The van der Waals surface area contributed by atoms with Gasteiger partial charge in [0.1, 0.15) is 11.3 Å². The van der Waals surface area contributed by atoms with Gasteiger partial charge in [-0.15, -0.1) is 0 Å². The van der Waals surface area contributed by atoms with Crippen molar-refractivity contribution in [3.8, 4) is 22.3 Å². The predicted octanol–water partition coefficient (Wildman–Crippen LogP) is 7.32. The molecule has 4 aromatic rings. The van der Waals surface area contributed by atoms with Crippen LogP contribution in [0.5, 0.6) is 0 Å². The third kappa shape index (κ3) is 7.21. The molecule has 0 atom stereocenters. The lowest BCUT2D eigenvalue weighted by Gasteiger charge is -2.32. The van der Waals surface area contributed by atoms with Crippen LogP contribution in [0.1, 0.15) is 34.6 Å². The molecule has 16 heteroatoms. The highest BCUT2D eigenvalue weighted by Crippen LogP contribution is 2.38. The number of alkyl halides is 5. The van der Waals surface area contributed by atoms with Gasteiger partial charge in [0.2, 0.25) is 0 Å². The zero-order valence-electron chi connectivity index (χ0n) is 23.0. The van der Waals surface area contributed by atoms with Crippen LogP contribution in [-0.4, -0.2) is 62.2 Å². The van der Waals surface area contributed by atoms with E-state index in [1.807, 2.05) is 0 Å². The number of fused-ring (bicyclic) bond motifs is 1. The normalized spacial score (nSPS) is 15.1. The van der Waals surface area contributed by atoms with Crippen LogP contribution in [0.25, 0.3) is 33.3 Å². The first-order valence-corrected chi connectivity index (χ1v) is 13.0. The van der Waals surface area contributed by atoms with Crippen molar-refractivity contribution in [3.63, 3.8) is 0 Å². The van der Waals surface area contributed by atoms with Crippen molar-refractivity contribution in [3.05, 3.63) is 76.6 Å². The Morgan fingerprint density at radius 1 is 0.933 bits per heavy atom. The number of halogens is 9. The molecule has 0 amide bonds. The molecule has 5 rings (SSSR count). The van der Waals surface area contributed by atoms with E-state index in [2.05, 4.69) is 9.97 Å². The fourth-order valence-electron chi connectivity index (χ4n) is 4.90. The summed E-state index contributed by atoms with van der Waals surface area (Å²) in [7, 11) is 0. The number of hydrogen-bond donors (Lipinski definition) is 3. The number of carbonyl (C=O) groups is 2. The first-order chi connectivity index (χ1) is 20.9. The average Bonchev–Trinajstić information content (AvgIpc) is 3.32. The van der Waals surface area contributed by atoms with Crippen molar-refractivity contribution >= 4 is 23.0 Å². The summed E-state index contributed by atoms with van der Waals surface area (Å²) in [4.78, 5) is 29.0. The number of nitrogens with one attached hydrogen (secondary N) is 1. The molecule has 0 unspecified atom stereocenters. The summed E-state index contributed by atoms with van der Waals surface area (Å²) in [6.07, 6.45) is -4.92. The van der Waals surface area contributed by atoms with Gasteiger partial charge in [-0.2, -0.15) is 13.2 Å². The molecule has 0 radical (unpaired) electrons. The maximum Gasteiger partial charge on any atom is 0.490 e. The Morgan fingerprint density at radius 3 is 1.96 bits per heavy atom. The van der Waals surface area contributed by atoms with Crippen molar-refractivity contribution in [1.29, 1.82) is 0 Å². The van der Waals surface area contributed by atoms with Crippen LogP contribution in [0.2, 0.25) is 0 Å². The molecule has 1 aromatic heterocycles. The molecule has 240 valence electrons. The van der Waals surface area contributed by atoms with Gasteiger partial charge in [-0.1, -0.05) is 24.3 Å². The third-order valence-electron chi connectivity index (χ3n) is 6.85. The lowest BCUT2D eigenvalue weighted by atomic mass is 9.95. The van der Waals surface area contributed by atoms with Gasteiger partial charge in [-0.3, -0.25) is 4.90 Å². The molecule has 45 heavy (non-hydrogen) atoms. The highest BCUT2D eigenvalue weighted by molar-refractivity contribution is 6.03. The summed E-state index contributed by atoms with van der Waals surface area (Å²) in [5.74, 6) is -13.3. The summed E-state index contributed by atoms with van der Waals surface area (Å²) in [6.45, 7) is 1.81. The van der Waals surface area contributed by atoms with Crippen LogP contribution in [0.4, 0.5) is 39.5 Å². The zero-order valence-corrected chi connectivity index (χ0v) is 23.0. The van der Waals surface area contributed by atoms with E-state index in [9.17, 15) is 31.9 Å². The number of nitrogens with zero attached hydrogens (tertiary/aromatic N) is 2. The van der Waals surface area contributed by atoms with E-state index < -0.39 is 70.5 Å². The number of carboxylic acids is 2. The van der Waals surface area contributed by atoms with Gasteiger partial charge in [0.05, 0.1) is 28.8 Å². The Labute approximate surface area is 247 Å². The number of benzene rings is 3. The topological polar surface area (TPSA) is 107 Å². The molecule has 0 aliphatic carbocycles. The Balaban J connectivity index is 0.000000591. The number of aromatic nitrogens is 2. The number of likely N-dealkylation sites (tertiary alicyclic amines) is 1. The quantitative estimate of drug-likeness (QED) is 0.155. The first kappa shape index (κ1) is 33.3. The van der Waals surface area contributed by atoms with E-state index in [0.717, 1.165) is 6.07 Å². The van der Waals surface area contributed by atoms with Crippen molar-refractivity contribution in [2.75, 3.05) is 13.1 Å². The number of carboxylic acid groups (broad SMARTS) is 2. The van der Waals surface area contributed by atoms with E-state index >= 15 is 17.6 Å². The minimum Gasteiger partial charge on any atom is -0.478 e. The average molecular weight is 647 g/mol. The second-order valence-corrected chi connectivity index (χ2v) is 10.2. The highest BCUT2D eigenvalue weighted by atomic mass is 19.4. The smallest absolute Gasteiger partial charge is 0.478 e. The maximum absolute atomic E-state index is 15.2. The van der Waals surface area contributed by atoms with Gasteiger partial charge < -0.3 is 15.2 Å². The molecule has 3 aromatic carbocycles. The molecule has 1 fully saturated rings. The van der Waals surface area contributed by atoms with E-state index in [0.29, 0.717) is 24.4 Å². The van der Waals surface area contributed by atoms with E-state index in [-0.39, 0.29) is 35.1 Å². The van der Waals surface area contributed by atoms with Crippen LogP contribution in [0.15, 0.2) is 36.4 Å². The number of aliphatic carboxylic acids is 1. The number of H-pyrrole nitrogens is 1. The van der Waals surface area contributed by atoms with Crippen molar-refractivity contribution in [2.45, 2.75) is 38.4 Å². The number of piperidine rings is 1. The second kappa shape index (κ2) is 12.4. The minimum atomic E-state index is -5.08. The van der Waals surface area contributed by atoms with Crippen molar-refractivity contribution in [1.82, 2.24) is 14.9 Å². The van der Waals surface area contributed by atoms with E-state index in [4.69, 9.17) is 9.90 Å². The SMILES string of the molecule is Cc1nc2c(C(=O)O)cc(-c3c(F)c(F)c(-c4ccc(CN5CCCC(F)(F)C5)cc4)c(F)c3F)cc2[nH]1.O=C(O)C(F)(F)F. The molecule has 0 bridgehead atoms. The number of imidazole rings is 1. The summed E-state index contributed by atoms with van der Waals surface area (Å²) in [5, 5.41) is 16.7. The summed E-state index contributed by atoms with van der Waals surface area (Å²) in [6, 6.07) is 7.51. The summed E-state index contributed by atoms with van der Waals surface area (Å²) >= 11 is 0. The molecular weight excluding hydrogens is 625 g/mol. The number of aryl methyl sites for hydroxylation is 1. The Hall–Kier alpha value is -4.60. The first-order valence-electron chi connectivity index (χ1n) is 13.0. The van der Waals surface area contributed by atoms with E-state index in [1.54, 1.807) is 11.8 Å². The molecule has 0 saturated carbocycles. The fourth-order valence-corrected chi connectivity index (χ4v) is 4.90. The van der Waals surface area contributed by atoms with Crippen molar-refractivity contribution in [2.24, 2.45) is 0 Å². The largest absolute Gasteiger partial charge is 0.490 e. The molecule has 1 aliphatic heterocycles. The van der Waals surface area contributed by atoms with Gasteiger partial charge in [-0.05, 0) is 48.7 Å². The van der Waals surface area contributed by atoms with Gasteiger partial charge in [-0.25, -0.2) is 40.9 Å². The Kier molecular flexibility index (Phi) is 9.19. The molecule has 3 N–H and O–H groups in total. The van der Waals surface area contributed by atoms with Gasteiger partial charge >= 0.3 is 18.1 Å². The monoisotopic (exact) mass is 647 g/mol. The standard InChI is InChI=1S/C27H21F6N3O2.C2HF3O2/c1-13-34-18-10-16(9-17(26(37)38)25(18)35-13)20-23(30)21(28)19(22(29)24(20)31)15-5-3-14(4-6-15)11-36-8-2-7-27(32,33)12-36;3-2(4,5)1(6)7/h3-6,9-10H,2,7-8,11-12H2,1H3,(H,34,35)(H,37,38);(H,6,7). The van der Waals surface area contributed by atoms with Crippen LogP contribution < -0.4 is 0 Å². The molecule has 2 heterocycles. The van der Waals surface area contributed by atoms with Gasteiger partial charge in [0.15, 0.2) is 23.3 Å². The van der Waals surface area contributed by atoms with Gasteiger partial charge in [0.25, 0.3) is 5.92 Å². The number of hydrogen-bond acceptors (Lipinski definition) is 4. The second-order valence-electron chi connectivity index (χ2n) is 10.2. The minimum absolute atomic E-state index is 0.0329. The lowest BCUT2D eigenvalue weighted by Crippen LogP contribution is -2.41. The Bertz CT molecular complexity index is 1740. The molecule has 7 nitrogen and oxygen atoms in total. The highest BCUT2D eigenvalue weighted by Gasteiger charge is 2.38. The van der Waals surface area contributed by atoms with Crippen LogP contribution in [-0.2, 0) is 11.3 Å².